The maximum atomic E-state index is 13.5. The van der Waals surface area contributed by atoms with Gasteiger partial charge >= 0.3 is 0 Å². The molecular weight excluding hydrogens is 343 g/mol. The number of fused-ring (bicyclic) bond motifs is 1. The van der Waals surface area contributed by atoms with Gasteiger partial charge in [-0.2, -0.15) is 5.10 Å². The van der Waals surface area contributed by atoms with Crippen LogP contribution < -0.4 is 10.2 Å². The van der Waals surface area contributed by atoms with Crippen molar-refractivity contribution >= 4 is 26.4 Å². The smallest absolute Gasteiger partial charge is 0.226 e. The Kier molecular flexibility index (Phi) is 3.93. The average Bonchev–Trinajstić information content (AvgIpc) is 3.07. The molecule has 25 heavy (non-hydrogen) atoms. The summed E-state index contributed by atoms with van der Waals surface area (Å²) in [5.41, 5.74) is 1.60. The van der Waals surface area contributed by atoms with E-state index in [-0.39, 0.29) is 9.92 Å². The summed E-state index contributed by atoms with van der Waals surface area (Å²) >= 11 is 0. The number of rotatable bonds is 3. The Balaban J connectivity index is 1.84. The van der Waals surface area contributed by atoms with Crippen molar-refractivity contribution in [2.45, 2.75) is 9.92 Å². The molecule has 0 saturated carbocycles. The Bertz CT molecular complexity index is 1030. The zero-order chi connectivity index (χ0) is 17.4. The number of benzene rings is 2. The molecule has 2 aromatic carbocycles. The number of hydrogen-bond donors (Lipinski definition) is 2. The zero-order valence-electron chi connectivity index (χ0n) is 13.4. The van der Waals surface area contributed by atoms with E-state index in [0.29, 0.717) is 10.9 Å². The molecule has 0 atom stereocenters. The molecule has 0 amide bonds. The molecule has 1 aliphatic rings. The third-order valence-electron chi connectivity index (χ3n) is 4.36. The molecule has 0 spiro atoms. The molecule has 1 aromatic heterocycles. The number of sulfone groups is 1. The number of halogens is 1. The van der Waals surface area contributed by atoms with E-state index >= 15 is 0 Å². The van der Waals surface area contributed by atoms with Crippen LogP contribution in [-0.2, 0) is 9.84 Å². The predicted molar refractivity (Wildman–Crippen MR) is 93.0 cm³/mol. The summed E-state index contributed by atoms with van der Waals surface area (Å²) in [4.78, 5) is 2.09. The zero-order valence-corrected chi connectivity index (χ0v) is 14.2. The van der Waals surface area contributed by atoms with Crippen LogP contribution in [0.3, 0.4) is 0 Å². The molecule has 6 nitrogen and oxygen atoms in total. The second kappa shape index (κ2) is 6.12. The normalized spacial score (nSPS) is 15.6. The number of hydrogen-bond acceptors (Lipinski definition) is 5. The third-order valence-corrected chi connectivity index (χ3v) is 6.06. The van der Waals surface area contributed by atoms with Gasteiger partial charge in [0.05, 0.1) is 16.1 Å². The van der Waals surface area contributed by atoms with Crippen molar-refractivity contribution in [1.82, 2.24) is 15.5 Å². The first kappa shape index (κ1) is 16.0. The van der Waals surface area contributed by atoms with E-state index in [1.54, 1.807) is 6.07 Å². The Morgan fingerprint density at radius 3 is 2.60 bits per heavy atom. The molecule has 0 aliphatic carbocycles. The molecule has 0 unspecified atom stereocenters. The molecule has 1 saturated heterocycles. The van der Waals surface area contributed by atoms with E-state index in [4.69, 9.17) is 0 Å². The largest absolute Gasteiger partial charge is 0.367 e. The minimum atomic E-state index is -3.91. The van der Waals surface area contributed by atoms with Gasteiger partial charge in [0.1, 0.15) is 5.82 Å². The van der Waals surface area contributed by atoms with Crippen molar-refractivity contribution in [3.05, 3.63) is 48.3 Å². The van der Waals surface area contributed by atoms with Gasteiger partial charge in [-0.25, -0.2) is 12.8 Å². The number of nitrogens with one attached hydrogen (secondary N) is 2. The van der Waals surface area contributed by atoms with Gasteiger partial charge in [-0.15, -0.1) is 0 Å². The fraction of sp³-hybridized carbons (Fsp3) is 0.235. The summed E-state index contributed by atoms with van der Waals surface area (Å²) in [5, 5.41) is 10.6. The second-order valence-corrected chi connectivity index (χ2v) is 7.79. The van der Waals surface area contributed by atoms with Crippen molar-refractivity contribution in [2.75, 3.05) is 31.1 Å². The molecule has 1 fully saturated rings. The molecular formula is C17H17FN4O2S. The van der Waals surface area contributed by atoms with Crippen LogP contribution in [0.25, 0.3) is 10.9 Å². The summed E-state index contributed by atoms with van der Waals surface area (Å²) in [6.07, 6.45) is 0. The Hall–Kier alpha value is -2.45. The highest BCUT2D eigenvalue weighted by Gasteiger charge is 2.26. The summed E-state index contributed by atoms with van der Waals surface area (Å²) in [7, 11) is -3.91. The summed E-state index contributed by atoms with van der Waals surface area (Å²) < 4.78 is 39.2. The van der Waals surface area contributed by atoms with Crippen molar-refractivity contribution in [3.8, 4) is 0 Å². The van der Waals surface area contributed by atoms with Gasteiger partial charge in [0.15, 0.2) is 5.03 Å². The highest BCUT2D eigenvalue weighted by Crippen LogP contribution is 2.32. The van der Waals surface area contributed by atoms with Gasteiger partial charge in [-0.05, 0) is 30.3 Å². The molecule has 0 radical (unpaired) electrons. The molecule has 3 aromatic rings. The molecule has 0 bridgehead atoms. The molecule has 8 heteroatoms. The molecule has 4 rings (SSSR count). The number of para-hydroxylation sites is 1. The van der Waals surface area contributed by atoms with Crippen molar-refractivity contribution < 1.29 is 12.8 Å². The first-order chi connectivity index (χ1) is 12.1. The van der Waals surface area contributed by atoms with Crippen LogP contribution in [0.1, 0.15) is 0 Å². The SMILES string of the molecule is O=S(=O)(c1cccc(F)c1)c1n[nH]c2c(N3CCNCC3)cccc12. The quantitative estimate of drug-likeness (QED) is 0.746. The maximum Gasteiger partial charge on any atom is 0.226 e. The molecule has 2 N–H and O–H groups in total. The van der Waals surface area contributed by atoms with E-state index < -0.39 is 15.7 Å². The van der Waals surface area contributed by atoms with E-state index in [1.165, 1.54) is 18.2 Å². The number of piperazine rings is 1. The van der Waals surface area contributed by atoms with Crippen LogP contribution in [0.2, 0.25) is 0 Å². The number of H-pyrrole nitrogens is 1. The number of aromatic amines is 1. The minimum absolute atomic E-state index is 0.0786. The maximum absolute atomic E-state index is 13.5. The van der Waals surface area contributed by atoms with E-state index in [9.17, 15) is 12.8 Å². The summed E-state index contributed by atoms with van der Waals surface area (Å²) in [6.45, 7) is 3.42. The van der Waals surface area contributed by atoms with Gasteiger partial charge in [0.2, 0.25) is 9.84 Å². The van der Waals surface area contributed by atoms with Crippen LogP contribution in [-0.4, -0.2) is 44.8 Å². The summed E-state index contributed by atoms with van der Waals surface area (Å²) in [6, 6.07) is 10.5. The van der Waals surface area contributed by atoms with Gasteiger partial charge < -0.3 is 10.2 Å². The van der Waals surface area contributed by atoms with Crippen molar-refractivity contribution in [2.24, 2.45) is 0 Å². The van der Waals surface area contributed by atoms with Gasteiger partial charge in [-0.1, -0.05) is 12.1 Å². The minimum Gasteiger partial charge on any atom is -0.367 e. The van der Waals surface area contributed by atoms with Crippen LogP contribution >= 0.6 is 0 Å². The average molecular weight is 360 g/mol. The lowest BCUT2D eigenvalue weighted by molar-refractivity contribution is 0.588. The fourth-order valence-electron chi connectivity index (χ4n) is 3.12. The van der Waals surface area contributed by atoms with Crippen LogP contribution in [0.4, 0.5) is 10.1 Å². The Morgan fingerprint density at radius 1 is 1.08 bits per heavy atom. The van der Waals surface area contributed by atoms with Crippen LogP contribution in [0.5, 0.6) is 0 Å². The van der Waals surface area contributed by atoms with Gasteiger partial charge in [0.25, 0.3) is 0 Å². The number of anilines is 1. The number of aromatic nitrogens is 2. The third kappa shape index (κ3) is 2.77. The Morgan fingerprint density at radius 2 is 1.84 bits per heavy atom. The molecule has 1 aliphatic heterocycles. The molecule has 2 heterocycles. The van der Waals surface area contributed by atoms with E-state index in [0.717, 1.165) is 37.9 Å². The first-order valence-electron chi connectivity index (χ1n) is 8.01. The second-order valence-electron chi connectivity index (χ2n) is 5.93. The standard InChI is InChI=1S/C17H17FN4O2S/c18-12-3-1-4-13(11-12)25(23,24)17-14-5-2-6-15(16(14)20-21-17)22-9-7-19-8-10-22/h1-6,11,19H,7-10H2,(H,20,21). The number of nitrogens with zero attached hydrogens (tertiary/aromatic N) is 2. The Labute approximate surface area is 144 Å². The highest BCUT2D eigenvalue weighted by molar-refractivity contribution is 7.91. The predicted octanol–water partition coefficient (Wildman–Crippen LogP) is 1.94. The van der Waals surface area contributed by atoms with Crippen LogP contribution in [0, 0.1) is 5.82 Å². The fourth-order valence-corrected chi connectivity index (χ4v) is 4.50. The lowest BCUT2D eigenvalue weighted by Gasteiger charge is -2.29. The first-order valence-corrected chi connectivity index (χ1v) is 9.49. The van der Waals surface area contributed by atoms with E-state index in [2.05, 4.69) is 20.4 Å². The van der Waals surface area contributed by atoms with Crippen molar-refractivity contribution in [1.29, 1.82) is 0 Å². The van der Waals surface area contributed by atoms with Gasteiger partial charge in [-0.3, -0.25) is 5.10 Å². The lowest BCUT2D eigenvalue weighted by atomic mass is 10.2. The van der Waals surface area contributed by atoms with Crippen LogP contribution in [0.15, 0.2) is 52.4 Å². The monoisotopic (exact) mass is 360 g/mol. The summed E-state index contributed by atoms with van der Waals surface area (Å²) in [5.74, 6) is -0.595. The van der Waals surface area contributed by atoms with Crippen molar-refractivity contribution in [3.63, 3.8) is 0 Å². The highest BCUT2D eigenvalue weighted by atomic mass is 32.2. The topological polar surface area (TPSA) is 78.1 Å². The van der Waals surface area contributed by atoms with E-state index in [1.807, 2.05) is 12.1 Å². The molecule has 130 valence electrons. The lowest BCUT2D eigenvalue weighted by Crippen LogP contribution is -2.43. The van der Waals surface area contributed by atoms with Gasteiger partial charge in [0, 0.05) is 31.6 Å².